The van der Waals surface area contributed by atoms with E-state index in [0.717, 1.165) is 6.07 Å². The molecule has 0 saturated heterocycles. The molecule has 0 fully saturated rings. The second kappa shape index (κ2) is 5.10. The monoisotopic (exact) mass is 303 g/mol. The molecule has 5 nitrogen and oxygen atoms in total. The summed E-state index contributed by atoms with van der Waals surface area (Å²) in [5, 5.41) is 2.68. The molecule has 0 aliphatic rings. The number of halogens is 2. The number of nitrogens with one attached hydrogen (secondary N) is 1. The summed E-state index contributed by atoms with van der Waals surface area (Å²) in [5.41, 5.74) is 6.40. The lowest BCUT2D eigenvalue weighted by atomic mass is 10.2. The Morgan fingerprint density at radius 3 is 2.77 bits per heavy atom. The Hall–Kier alpha value is -2.96. The van der Waals surface area contributed by atoms with E-state index in [-0.39, 0.29) is 22.4 Å². The lowest BCUT2D eigenvalue weighted by molar-refractivity contribution is 0.0977. The van der Waals surface area contributed by atoms with Gasteiger partial charge in [-0.05, 0) is 31.2 Å². The number of carbonyl (C=O) groups excluding carboxylic acids is 1. The van der Waals surface area contributed by atoms with E-state index in [1.54, 1.807) is 25.3 Å². The number of rotatable bonds is 3. The molecule has 22 heavy (non-hydrogen) atoms. The minimum Gasteiger partial charge on any atom is -0.448 e. The smallest absolute Gasteiger partial charge is 0.286 e. The topological polar surface area (TPSA) is 81.1 Å². The minimum atomic E-state index is -1.11. The molecule has 0 aliphatic heterocycles. The maximum atomic E-state index is 14.1. The number of nitrogens with two attached hydrogens (primary N) is 1. The number of anilines is 2. The summed E-state index contributed by atoms with van der Waals surface area (Å²) in [6.45, 7) is 1.73. The number of hydrogen-bond donors (Lipinski definition) is 2. The fourth-order valence-electron chi connectivity index (χ4n) is 2.17. The van der Waals surface area contributed by atoms with Crippen molar-refractivity contribution >= 4 is 28.3 Å². The predicted octanol–water partition coefficient (Wildman–Crippen LogP) is 3.26. The van der Waals surface area contributed by atoms with Crippen molar-refractivity contribution in [3.05, 3.63) is 53.6 Å². The normalized spacial score (nSPS) is 10.9. The fraction of sp³-hybridized carbons (Fsp3) is 0.0667. The maximum absolute atomic E-state index is 14.1. The Labute approximate surface area is 123 Å². The van der Waals surface area contributed by atoms with Crippen LogP contribution in [0.1, 0.15) is 16.2 Å². The molecule has 2 heterocycles. The first kappa shape index (κ1) is 14.0. The van der Waals surface area contributed by atoms with Gasteiger partial charge in [0.05, 0.1) is 16.8 Å². The first-order chi connectivity index (χ1) is 10.5. The van der Waals surface area contributed by atoms with E-state index in [9.17, 15) is 13.6 Å². The van der Waals surface area contributed by atoms with Gasteiger partial charge in [0, 0.05) is 6.20 Å². The van der Waals surface area contributed by atoms with Gasteiger partial charge in [-0.15, -0.1) is 0 Å². The number of fused-ring (bicyclic) bond motifs is 1. The maximum Gasteiger partial charge on any atom is 0.286 e. The van der Waals surface area contributed by atoms with Crippen molar-refractivity contribution in [1.29, 1.82) is 0 Å². The Bertz CT molecular complexity index is 890. The number of nitrogens with zero attached hydrogens (tertiary/aromatic N) is 1. The average molecular weight is 303 g/mol. The lowest BCUT2D eigenvalue weighted by Gasteiger charge is -2.08. The second-order valence-corrected chi connectivity index (χ2v) is 4.67. The van der Waals surface area contributed by atoms with E-state index in [1.165, 1.54) is 6.07 Å². The number of carbonyl (C=O) groups is 1. The first-order valence-electron chi connectivity index (χ1n) is 6.38. The van der Waals surface area contributed by atoms with Crippen LogP contribution in [-0.4, -0.2) is 10.9 Å². The van der Waals surface area contributed by atoms with Gasteiger partial charge >= 0.3 is 0 Å². The van der Waals surface area contributed by atoms with Gasteiger partial charge in [0.25, 0.3) is 5.91 Å². The third-order valence-corrected chi connectivity index (χ3v) is 3.24. The molecule has 0 bridgehead atoms. The molecule has 3 rings (SSSR count). The van der Waals surface area contributed by atoms with Crippen molar-refractivity contribution in [2.45, 2.75) is 6.92 Å². The number of pyridine rings is 1. The van der Waals surface area contributed by atoms with Crippen molar-refractivity contribution in [2.75, 3.05) is 5.32 Å². The Kier molecular flexibility index (Phi) is 3.25. The summed E-state index contributed by atoms with van der Waals surface area (Å²) < 4.78 is 32.8. The minimum absolute atomic E-state index is 0.0180. The van der Waals surface area contributed by atoms with Gasteiger partial charge in [-0.25, -0.2) is 8.78 Å². The molecule has 0 radical (unpaired) electrons. The Morgan fingerprint density at radius 1 is 1.32 bits per heavy atom. The van der Waals surface area contributed by atoms with Crippen LogP contribution in [0.15, 0.2) is 34.9 Å². The highest BCUT2D eigenvalue weighted by Crippen LogP contribution is 2.36. The van der Waals surface area contributed by atoms with E-state index in [2.05, 4.69) is 10.3 Å². The van der Waals surface area contributed by atoms with Gasteiger partial charge in [-0.3, -0.25) is 9.78 Å². The molecule has 1 amide bonds. The largest absolute Gasteiger partial charge is 0.448 e. The number of hydrogen-bond acceptors (Lipinski definition) is 4. The third kappa shape index (κ3) is 2.16. The predicted molar refractivity (Wildman–Crippen MR) is 76.9 cm³/mol. The number of furan rings is 1. The Morgan fingerprint density at radius 2 is 2.09 bits per heavy atom. The van der Waals surface area contributed by atoms with Crippen molar-refractivity contribution in [3.8, 4) is 0 Å². The van der Waals surface area contributed by atoms with Crippen molar-refractivity contribution < 1.29 is 18.0 Å². The van der Waals surface area contributed by atoms with Crippen LogP contribution in [0.2, 0.25) is 0 Å². The van der Waals surface area contributed by atoms with Crippen molar-refractivity contribution in [2.24, 2.45) is 5.73 Å². The van der Waals surface area contributed by atoms with E-state index in [4.69, 9.17) is 10.2 Å². The van der Waals surface area contributed by atoms with Gasteiger partial charge in [-0.1, -0.05) is 0 Å². The van der Waals surface area contributed by atoms with Crippen LogP contribution in [0.3, 0.4) is 0 Å². The Balaban J connectivity index is 2.26. The highest BCUT2D eigenvalue weighted by Gasteiger charge is 2.23. The summed E-state index contributed by atoms with van der Waals surface area (Å²) in [4.78, 5) is 15.6. The van der Waals surface area contributed by atoms with E-state index in [1.807, 2.05) is 0 Å². The number of primary amides is 1. The number of amides is 1. The SMILES string of the molecule is Cc1ncccc1Nc1c(C(N)=O)oc2ccc(F)c(F)c12. The van der Waals surface area contributed by atoms with E-state index >= 15 is 0 Å². The van der Waals surface area contributed by atoms with Gasteiger partial charge in [0.15, 0.2) is 11.6 Å². The van der Waals surface area contributed by atoms with Crippen LogP contribution in [-0.2, 0) is 0 Å². The summed E-state index contributed by atoms with van der Waals surface area (Å²) in [6, 6.07) is 5.51. The van der Waals surface area contributed by atoms with Gasteiger partial charge in [-0.2, -0.15) is 0 Å². The molecule has 0 unspecified atom stereocenters. The van der Waals surface area contributed by atoms with Crippen LogP contribution < -0.4 is 11.1 Å². The molecule has 112 valence electrons. The molecule has 3 N–H and O–H groups in total. The average Bonchev–Trinajstić information content (AvgIpc) is 2.85. The zero-order valence-electron chi connectivity index (χ0n) is 11.5. The summed E-state index contributed by atoms with van der Waals surface area (Å²) in [5.74, 6) is -3.32. The summed E-state index contributed by atoms with van der Waals surface area (Å²) in [7, 11) is 0. The van der Waals surface area contributed by atoms with Crippen molar-refractivity contribution in [3.63, 3.8) is 0 Å². The number of aromatic nitrogens is 1. The van der Waals surface area contributed by atoms with Gasteiger partial charge in [0.2, 0.25) is 5.76 Å². The molecule has 0 aliphatic carbocycles. The van der Waals surface area contributed by atoms with Gasteiger partial charge < -0.3 is 15.5 Å². The number of aryl methyl sites for hydroxylation is 1. The third-order valence-electron chi connectivity index (χ3n) is 3.24. The molecule has 1 aromatic carbocycles. The molecule has 7 heteroatoms. The van der Waals surface area contributed by atoms with E-state index in [0.29, 0.717) is 11.4 Å². The number of benzene rings is 1. The highest BCUT2D eigenvalue weighted by atomic mass is 19.2. The first-order valence-corrected chi connectivity index (χ1v) is 6.38. The van der Waals surface area contributed by atoms with Crippen LogP contribution in [0, 0.1) is 18.6 Å². The van der Waals surface area contributed by atoms with Gasteiger partial charge in [0.1, 0.15) is 11.3 Å². The van der Waals surface area contributed by atoms with Crippen LogP contribution in [0.5, 0.6) is 0 Å². The molecule has 0 spiro atoms. The summed E-state index contributed by atoms with van der Waals surface area (Å²) >= 11 is 0. The molecule has 0 saturated carbocycles. The molecular formula is C15H11F2N3O2. The van der Waals surface area contributed by atoms with Crippen LogP contribution in [0.4, 0.5) is 20.2 Å². The molecule has 2 aromatic heterocycles. The quantitative estimate of drug-likeness (QED) is 0.778. The zero-order chi connectivity index (χ0) is 15.9. The molecule has 3 aromatic rings. The van der Waals surface area contributed by atoms with Crippen molar-refractivity contribution in [1.82, 2.24) is 4.98 Å². The lowest BCUT2D eigenvalue weighted by Crippen LogP contribution is -2.12. The summed E-state index contributed by atoms with van der Waals surface area (Å²) in [6.07, 6.45) is 1.59. The second-order valence-electron chi connectivity index (χ2n) is 4.67. The molecular weight excluding hydrogens is 292 g/mol. The van der Waals surface area contributed by atoms with E-state index < -0.39 is 17.5 Å². The van der Waals surface area contributed by atoms with Crippen LogP contribution in [0.25, 0.3) is 11.0 Å². The standard InChI is InChI=1S/C15H11F2N3O2/c1-7-9(3-2-6-19-7)20-13-11-10(22-14(13)15(18)21)5-4-8(16)12(11)17/h2-6,20H,1H3,(H2,18,21). The fourth-order valence-corrected chi connectivity index (χ4v) is 2.17. The van der Waals surface area contributed by atoms with Crippen LogP contribution >= 0.6 is 0 Å². The molecule has 0 atom stereocenters. The highest BCUT2D eigenvalue weighted by molar-refractivity contribution is 6.07. The zero-order valence-corrected chi connectivity index (χ0v) is 11.5.